The number of amides is 1. The van der Waals surface area contributed by atoms with Crippen molar-refractivity contribution in [1.82, 2.24) is 19.4 Å². The number of ether oxygens (including phenoxy) is 3. The van der Waals surface area contributed by atoms with E-state index < -0.39 is 23.4 Å². The smallest absolute Gasteiger partial charge is 0.419 e. The van der Waals surface area contributed by atoms with Crippen LogP contribution in [0.25, 0.3) is 22.3 Å². The molecule has 0 spiro atoms. The van der Waals surface area contributed by atoms with E-state index in [-0.39, 0.29) is 35.4 Å². The minimum atomic E-state index is -4.68. The van der Waals surface area contributed by atoms with Gasteiger partial charge < -0.3 is 23.7 Å². The lowest BCUT2D eigenvalue weighted by molar-refractivity contribution is -0.139. The number of nitrogens with zero attached hydrogens (tertiary/aromatic N) is 5. The van der Waals surface area contributed by atoms with Gasteiger partial charge in [0.1, 0.15) is 23.1 Å². The maximum Gasteiger partial charge on any atom is 0.419 e. The van der Waals surface area contributed by atoms with Crippen molar-refractivity contribution < 1.29 is 32.2 Å². The van der Waals surface area contributed by atoms with Crippen LogP contribution in [0.1, 0.15) is 51.4 Å². The van der Waals surface area contributed by atoms with Gasteiger partial charge in [-0.05, 0) is 70.2 Å². The highest BCUT2D eigenvalue weighted by atomic mass is 19.4. The van der Waals surface area contributed by atoms with E-state index in [0.29, 0.717) is 62.6 Å². The number of rotatable bonds is 6. The van der Waals surface area contributed by atoms with E-state index in [4.69, 9.17) is 14.2 Å². The topological polar surface area (TPSA) is 102 Å². The lowest BCUT2D eigenvalue weighted by atomic mass is 9.98. The van der Waals surface area contributed by atoms with Crippen molar-refractivity contribution in [3.63, 3.8) is 0 Å². The zero-order valence-corrected chi connectivity index (χ0v) is 23.9. The van der Waals surface area contributed by atoms with Crippen molar-refractivity contribution >= 4 is 17.1 Å². The number of hydrogen-bond donors (Lipinski definition) is 0. The van der Waals surface area contributed by atoms with Crippen LogP contribution in [0.2, 0.25) is 0 Å². The Labute approximate surface area is 242 Å². The van der Waals surface area contributed by atoms with Crippen LogP contribution >= 0.6 is 0 Å². The molecule has 2 aliphatic rings. The number of carbonyl (C=O) groups excluding carboxylic acids is 1. The van der Waals surface area contributed by atoms with E-state index in [1.807, 2.05) is 16.8 Å². The summed E-state index contributed by atoms with van der Waals surface area (Å²) in [6.07, 6.45) is -1.15. The Morgan fingerprint density at radius 1 is 1.12 bits per heavy atom. The fraction of sp³-hybridized carbons (Fsp3) is 0.533. The van der Waals surface area contributed by atoms with E-state index in [1.54, 1.807) is 31.7 Å². The average molecular weight is 586 g/mol. The molecule has 1 unspecified atom stereocenters. The van der Waals surface area contributed by atoms with Crippen molar-refractivity contribution in [2.45, 2.75) is 58.4 Å². The van der Waals surface area contributed by atoms with E-state index in [9.17, 15) is 23.2 Å². The summed E-state index contributed by atoms with van der Waals surface area (Å²) in [5.41, 5.74) is -0.551. The number of carbonyl (C=O) groups is 1. The molecule has 0 radical (unpaired) electrons. The summed E-state index contributed by atoms with van der Waals surface area (Å²) in [7, 11) is 0. The maximum atomic E-state index is 14.2. The fourth-order valence-corrected chi connectivity index (χ4v) is 5.33. The molecule has 1 amide bonds. The van der Waals surface area contributed by atoms with Gasteiger partial charge in [0.15, 0.2) is 0 Å². The summed E-state index contributed by atoms with van der Waals surface area (Å²) in [6.45, 7) is 8.33. The number of alkyl halides is 3. The molecule has 0 bridgehead atoms. The number of nitriles is 1. The second-order valence-corrected chi connectivity index (χ2v) is 11.9. The Morgan fingerprint density at radius 2 is 1.88 bits per heavy atom. The van der Waals surface area contributed by atoms with Gasteiger partial charge >= 0.3 is 12.3 Å². The fourth-order valence-electron chi connectivity index (χ4n) is 5.33. The van der Waals surface area contributed by atoms with Crippen molar-refractivity contribution in [2.75, 3.05) is 32.9 Å². The number of aromatic nitrogens is 3. The molecule has 5 rings (SSSR count). The quantitative estimate of drug-likeness (QED) is 0.347. The normalized spacial score (nSPS) is 18.3. The second kappa shape index (κ2) is 11.8. The van der Waals surface area contributed by atoms with E-state index in [1.165, 1.54) is 12.1 Å². The summed E-state index contributed by atoms with van der Waals surface area (Å²) in [6, 6.07) is 7.56. The van der Waals surface area contributed by atoms with Gasteiger partial charge in [-0.15, -0.1) is 0 Å². The third kappa shape index (κ3) is 6.78. The first-order valence-corrected chi connectivity index (χ1v) is 14.1. The molecule has 1 aromatic carbocycles. The predicted molar refractivity (Wildman–Crippen MR) is 148 cm³/mol. The molecule has 9 nitrogen and oxygen atoms in total. The number of halogens is 3. The molecule has 2 aromatic heterocycles. The van der Waals surface area contributed by atoms with Crippen molar-refractivity contribution in [1.29, 1.82) is 5.26 Å². The van der Waals surface area contributed by atoms with Crippen LogP contribution in [0, 0.1) is 23.2 Å². The SMILES string of the molecule is CC(C)(C)OC(=O)N1CCC(COc2ccc(-c3nc(C#N)nc4c3ccn4CC3CCOC3)cc2C(F)(F)F)CC1. The Hall–Kier alpha value is -3.85. The van der Waals surface area contributed by atoms with Gasteiger partial charge in [0.25, 0.3) is 0 Å². The van der Waals surface area contributed by atoms with Crippen molar-refractivity contribution in [3.05, 3.63) is 41.9 Å². The summed E-state index contributed by atoms with van der Waals surface area (Å²) >= 11 is 0. The summed E-state index contributed by atoms with van der Waals surface area (Å²) in [5, 5.41) is 10.1. The summed E-state index contributed by atoms with van der Waals surface area (Å²) in [5.74, 6) is -0.103. The minimum absolute atomic E-state index is 0.00541. The summed E-state index contributed by atoms with van der Waals surface area (Å²) < 4.78 is 61.2. The van der Waals surface area contributed by atoms with Gasteiger partial charge in [0.2, 0.25) is 5.82 Å². The van der Waals surface area contributed by atoms with Crippen molar-refractivity contribution in [2.24, 2.45) is 11.8 Å². The number of hydrogen-bond acceptors (Lipinski definition) is 7. The predicted octanol–water partition coefficient (Wildman–Crippen LogP) is 6.05. The second-order valence-electron chi connectivity index (χ2n) is 11.9. The zero-order chi connectivity index (χ0) is 30.1. The maximum absolute atomic E-state index is 14.2. The molecule has 4 heterocycles. The highest BCUT2D eigenvalue weighted by Crippen LogP contribution is 2.40. The van der Waals surface area contributed by atoms with E-state index in [2.05, 4.69) is 9.97 Å². The Balaban J connectivity index is 1.34. The molecule has 42 heavy (non-hydrogen) atoms. The summed E-state index contributed by atoms with van der Waals surface area (Å²) in [4.78, 5) is 22.6. The van der Waals surface area contributed by atoms with Gasteiger partial charge in [-0.25, -0.2) is 14.8 Å². The molecule has 3 aromatic rings. The standard InChI is InChI=1S/C30H34F3N5O4/c1-29(2,3)42-28(39)37-10-6-19(7-11-37)18-41-24-5-4-21(14-23(24)30(31,32)33)26-22-8-12-38(16-20-9-13-40-17-20)27(22)36-25(15-34)35-26/h4-5,8,12,14,19-20H,6-7,9-11,13,16-18H2,1-3H3. The molecule has 1 atom stereocenters. The third-order valence-corrected chi connectivity index (χ3v) is 7.50. The first-order valence-electron chi connectivity index (χ1n) is 14.1. The molecule has 0 aliphatic carbocycles. The van der Waals surface area contributed by atoms with E-state index in [0.717, 1.165) is 12.5 Å². The lowest BCUT2D eigenvalue weighted by Crippen LogP contribution is -2.42. The molecule has 0 saturated carbocycles. The molecule has 2 aliphatic heterocycles. The number of benzene rings is 1. The first-order chi connectivity index (χ1) is 19.9. The van der Waals surface area contributed by atoms with Crippen LogP contribution in [0.15, 0.2) is 30.5 Å². The Morgan fingerprint density at radius 3 is 2.52 bits per heavy atom. The van der Waals surface area contributed by atoms with Gasteiger partial charge in [0, 0.05) is 49.3 Å². The molecular weight excluding hydrogens is 551 g/mol. The highest BCUT2D eigenvalue weighted by Gasteiger charge is 2.36. The average Bonchev–Trinajstić information content (AvgIpc) is 3.60. The number of likely N-dealkylation sites (tertiary alicyclic amines) is 1. The van der Waals surface area contributed by atoms with Crippen LogP contribution in [-0.2, 0) is 22.2 Å². The van der Waals surface area contributed by atoms with Gasteiger partial charge in [0.05, 0.1) is 24.5 Å². The van der Waals surface area contributed by atoms with Crippen LogP contribution in [0.4, 0.5) is 18.0 Å². The zero-order valence-electron chi connectivity index (χ0n) is 23.9. The molecule has 2 fully saturated rings. The molecule has 12 heteroatoms. The van der Waals surface area contributed by atoms with E-state index >= 15 is 0 Å². The van der Waals surface area contributed by atoms with Gasteiger partial charge in [-0.2, -0.15) is 18.4 Å². The molecule has 2 saturated heterocycles. The third-order valence-electron chi connectivity index (χ3n) is 7.50. The lowest BCUT2D eigenvalue weighted by Gasteiger charge is -2.33. The van der Waals surface area contributed by atoms with Gasteiger partial charge in [-0.3, -0.25) is 0 Å². The van der Waals surface area contributed by atoms with Crippen LogP contribution in [-0.4, -0.2) is 64.0 Å². The Kier molecular flexibility index (Phi) is 8.32. The van der Waals surface area contributed by atoms with Crippen LogP contribution < -0.4 is 4.74 Å². The Bertz CT molecular complexity index is 1480. The van der Waals surface area contributed by atoms with Crippen molar-refractivity contribution in [3.8, 4) is 23.1 Å². The number of fused-ring (bicyclic) bond motifs is 1. The molecular formula is C30H34F3N5O4. The number of piperidine rings is 1. The monoisotopic (exact) mass is 585 g/mol. The van der Waals surface area contributed by atoms with Gasteiger partial charge in [-0.1, -0.05) is 0 Å². The highest BCUT2D eigenvalue weighted by molar-refractivity contribution is 5.91. The van der Waals surface area contributed by atoms with Crippen LogP contribution in [0.5, 0.6) is 5.75 Å². The largest absolute Gasteiger partial charge is 0.493 e. The molecule has 224 valence electrons. The first kappa shape index (κ1) is 29.6. The van der Waals surface area contributed by atoms with Crippen LogP contribution in [0.3, 0.4) is 0 Å². The molecule has 0 N–H and O–H groups in total. The minimum Gasteiger partial charge on any atom is -0.493 e.